The van der Waals surface area contributed by atoms with Crippen LogP contribution in [0, 0.1) is 6.92 Å². The zero-order valence-electron chi connectivity index (χ0n) is 17.1. The molecule has 3 nitrogen and oxygen atoms in total. The smallest absolute Gasteiger partial charge is 0.335 e. The first-order valence-corrected chi connectivity index (χ1v) is 9.90. The maximum Gasteiger partial charge on any atom is 0.335 e. The molecule has 1 heterocycles. The number of rotatable bonds is 3. The average molecular weight is 365 g/mol. The molecule has 2 aromatic carbocycles. The van der Waals surface area contributed by atoms with E-state index < -0.39 is 5.97 Å². The molecule has 1 N–H and O–H groups in total. The number of carbonyl (C=O) groups is 1. The largest absolute Gasteiger partial charge is 0.478 e. The van der Waals surface area contributed by atoms with E-state index in [-0.39, 0.29) is 10.8 Å². The van der Waals surface area contributed by atoms with E-state index in [4.69, 9.17) is 0 Å². The van der Waals surface area contributed by atoms with Crippen molar-refractivity contribution < 1.29 is 9.90 Å². The van der Waals surface area contributed by atoms with Gasteiger partial charge in [0.2, 0.25) is 0 Å². The quantitative estimate of drug-likeness (QED) is 0.776. The molecule has 0 unspecified atom stereocenters. The summed E-state index contributed by atoms with van der Waals surface area (Å²) in [5.41, 5.74) is 7.57. The highest BCUT2D eigenvalue weighted by atomic mass is 16.4. The molecule has 142 valence electrons. The van der Waals surface area contributed by atoms with Crippen molar-refractivity contribution in [2.24, 2.45) is 0 Å². The third-order valence-corrected chi connectivity index (χ3v) is 6.97. The first-order valence-electron chi connectivity index (χ1n) is 9.90. The highest BCUT2D eigenvalue weighted by Gasteiger charge is 2.48. The van der Waals surface area contributed by atoms with E-state index in [9.17, 15) is 9.90 Å². The van der Waals surface area contributed by atoms with Crippen LogP contribution < -0.4 is 4.48 Å². The Kier molecular flexibility index (Phi) is 3.84. The Hall–Kier alpha value is -2.13. The van der Waals surface area contributed by atoms with Gasteiger partial charge in [0.05, 0.1) is 26.2 Å². The minimum atomic E-state index is -0.863. The molecule has 4 rings (SSSR count). The molecule has 0 amide bonds. The fourth-order valence-corrected chi connectivity index (χ4v) is 4.84. The lowest BCUT2D eigenvalue weighted by molar-refractivity contribution is 0.0697. The van der Waals surface area contributed by atoms with Crippen LogP contribution in [-0.4, -0.2) is 31.7 Å². The van der Waals surface area contributed by atoms with Crippen molar-refractivity contribution in [2.45, 2.75) is 50.9 Å². The molecular weight excluding hydrogens is 334 g/mol. The number of benzene rings is 2. The number of fused-ring (bicyclic) bond motifs is 1. The van der Waals surface area contributed by atoms with Crippen LogP contribution in [-0.2, 0) is 10.8 Å². The van der Waals surface area contributed by atoms with Gasteiger partial charge in [-0.1, -0.05) is 26.0 Å². The monoisotopic (exact) mass is 364 g/mol. The first kappa shape index (κ1) is 18.2. The Morgan fingerprint density at radius 3 is 2.19 bits per heavy atom. The zero-order chi connectivity index (χ0) is 19.6. The third kappa shape index (κ3) is 2.80. The lowest BCUT2D eigenvalue weighted by Gasteiger charge is -2.43. The van der Waals surface area contributed by atoms with Crippen LogP contribution in [0.25, 0.3) is 0 Å². The molecule has 3 heteroatoms. The van der Waals surface area contributed by atoms with Crippen molar-refractivity contribution in [1.82, 2.24) is 4.48 Å². The van der Waals surface area contributed by atoms with Gasteiger partial charge in [0.1, 0.15) is 5.69 Å². The van der Waals surface area contributed by atoms with E-state index in [1.807, 2.05) is 12.1 Å². The molecule has 0 atom stereocenters. The Labute approximate surface area is 162 Å². The van der Waals surface area contributed by atoms with Crippen LogP contribution in [0.1, 0.15) is 65.7 Å². The van der Waals surface area contributed by atoms with E-state index in [1.165, 1.54) is 40.9 Å². The summed E-state index contributed by atoms with van der Waals surface area (Å²) in [6, 6.07) is 12.4. The number of quaternary nitrogens is 1. The van der Waals surface area contributed by atoms with Crippen LogP contribution in [0.5, 0.6) is 0 Å². The van der Waals surface area contributed by atoms with E-state index in [1.54, 1.807) is 12.1 Å². The number of carboxylic acids is 1. The molecule has 0 aromatic heterocycles. The van der Waals surface area contributed by atoms with Crippen molar-refractivity contribution in [2.75, 3.05) is 20.6 Å². The zero-order valence-corrected chi connectivity index (χ0v) is 17.1. The summed E-state index contributed by atoms with van der Waals surface area (Å²) in [7, 11) is 4.62. The molecule has 0 saturated heterocycles. The molecule has 2 aliphatic rings. The molecule has 1 aliphatic heterocycles. The van der Waals surface area contributed by atoms with Gasteiger partial charge in [-0.25, -0.2) is 4.79 Å². The summed E-state index contributed by atoms with van der Waals surface area (Å²) in [5.74, 6) is -0.863. The van der Waals surface area contributed by atoms with Crippen molar-refractivity contribution in [3.8, 4) is 0 Å². The number of hydrogen-bond acceptors (Lipinski definition) is 1. The molecule has 1 aliphatic carbocycles. The highest BCUT2D eigenvalue weighted by Crippen LogP contribution is 2.56. The van der Waals surface area contributed by atoms with Crippen LogP contribution in [0.2, 0.25) is 0 Å². The van der Waals surface area contributed by atoms with Gasteiger partial charge >= 0.3 is 5.97 Å². The minimum absolute atomic E-state index is 0.0564. The normalized spacial score (nSPS) is 21.4. The van der Waals surface area contributed by atoms with Gasteiger partial charge in [0, 0.05) is 28.9 Å². The van der Waals surface area contributed by atoms with Gasteiger partial charge in [-0.3, -0.25) is 4.48 Å². The van der Waals surface area contributed by atoms with Gasteiger partial charge in [0.25, 0.3) is 0 Å². The van der Waals surface area contributed by atoms with Crippen molar-refractivity contribution in [1.29, 1.82) is 0 Å². The van der Waals surface area contributed by atoms with Crippen LogP contribution >= 0.6 is 0 Å². The predicted octanol–water partition coefficient (Wildman–Crippen LogP) is 5.02. The molecule has 0 bridgehead atoms. The highest BCUT2D eigenvalue weighted by molar-refractivity contribution is 5.87. The fraction of sp³-hybridized carbons (Fsp3) is 0.458. The minimum Gasteiger partial charge on any atom is -0.478 e. The second kappa shape index (κ2) is 5.68. The second-order valence-corrected chi connectivity index (χ2v) is 9.69. The lowest BCUT2D eigenvalue weighted by Crippen LogP contribution is -2.49. The number of aryl methyl sites for hydroxylation is 1. The Morgan fingerprint density at radius 2 is 1.63 bits per heavy atom. The summed E-state index contributed by atoms with van der Waals surface area (Å²) >= 11 is 0. The summed E-state index contributed by atoms with van der Waals surface area (Å²) in [5, 5.41) is 9.19. The topological polar surface area (TPSA) is 37.3 Å². The van der Waals surface area contributed by atoms with Gasteiger partial charge in [-0.05, 0) is 54.7 Å². The van der Waals surface area contributed by atoms with Crippen LogP contribution in [0.3, 0.4) is 0 Å². The van der Waals surface area contributed by atoms with Crippen LogP contribution in [0.4, 0.5) is 5.69 Å². The van der Waals surface area contributed by atoms with E-state index in [0.29, 0.717) is 5.56 Å². The summed E-state index contributed by atoms with van der Waals surface area (Å²) in [6.45, 7) is 8.14. The number of carboxylic acid groups (broad SMARTS) is 1. The SMILES string of the molecule is Cc1cc2c(cc1C1(c3ccc(C(=O)O)cc3)CC1)C(C)(C)CC[N+]2(C)C. The molecule has 0 spiro atoms. The predicted molar refractivity (Wildman–Crippen MR) is 111 cm³/mol. The summed E-state index contributed by atoms with van der Waals surface area (Å²) in [4.78, 5) is 11.2. The maximum atomic E-state index is 11.2. The number of nitrogens with zero attached hydrogens (tertiary/aromatic N) is 1. The summed E-state index contributed by atoms with van der Waals surface area (Å²) < 4.78 is 0.945. The van der Waals surface area contributed by atoms with Crippen LogP contribution in [0.15, 0.2) is 36.4 Å². The standard InChI is InChI=1S/C24H29NO2/c1-16-14-21-20(23(2,3)12-13-25(21,4)5)15-19(16)24(10-11-24)18-8-6-17(7-9-18)22(26)27/h6-9,14-15H,10-13H2,1-5H3/p+1. The van der Waals surface area contributed by atoms with E-state index in [0.717, 1.165) is 17.3 Å². The molecule has 2 aromatic rings. The number of aromatic carboxylic acids is 1. The third-order valence-electron chi connectivity index (χ3n) is 6.97. The van der Waals surface area contributed by atoms with Gasteiger partial charge in [0.15, 0.2) is 0 Å². The average Bonchev–Trinajstić information content (AvgIpc) is 3.40. The summed E-state index contributed by atoms with van der Waals surface area (Å²) in [6.07, 6.45) is 3.46. The molecular formula is C24H30NO2+. The molecule has 0 radical (unpaired) electrons. The maximum absolute atomic E-state index is 11.2. The van der Waals surface area contributed by atoms with Crippen molar-refractivity contribution >= 4 is 11.7 Å². The first-order chi connectivity index (χ1) is 12.6. The van der Waals surface area contributed by atoms with E-state index in [2.05, 4.69) is 47.0 Å². The van der Waals surface area contributed by atoms with E-state index >= 15 is 0 Å². The van der Waals surface area contributed by atoms with Gasteiger partial charge < -0.3 is 5.11 Å². The Balaban J connectivity index is 1.84. The Morgan fingerprint density at radius 1 is 1.00 bits per heavy atom. The van der Waals surface area contributed by atoms with Gasteiger partial charge in [-0.15, -0.1) is 0 Å². The second-order valence-electron chi connectivity index (χ2n) is 9.69. The molecule has 1 fully saturated rings. The van der Waals surface area contributed by atoms with Gasteiger partial charge in [-0.2, -0.15) is 0 Å². The molecule has 27 heavy (non-hydrogen) atoms. The molecule has 1 saturated carbocycles. The lowest BCUT2D eigenvalue weighted by atomic mass is 9.73. The Bertz CT molecular complexity index is 918. The van der Waals surface area contributed by atoms with Crippen molar-refractivity contribution in [3.05, 3.63) is 64.2 Å². The number of hydrogen-bond donors (Lipinski definition) is 1. The fourth-order valence-electron chi connectivity index (χ4n) is 4.84. The van der Waals surface area contributed by atoms with Crippen molar-refractivity contribution in [3.63, 3.8) is 0 Å².